The summed E-state index contributed by atoms with van der Waals surface area (Å²) in [6, 6.07) is 11.0. The lowest BCUT2D eigenvalue weighted by molar-refractivity contribution is -0.139. The third-order valence-corrected chi connectivity index (χ3v) is 8.63. The van der Waals surface area contributed by atoms with E-state index in [9.17, 15) is 14.4 Å². The molecule has 3 amide bonds. The van der Waals surface area contributed by atoms with Gasteiger partial charge in [-0.25, -0.2) is 0 Å². The number of benzene rings is 2. The minimum Gasteiger partial charge on any atom is -0.497 e. The molecule has 2 aromatic carbocycles. The van der Waals surface area contributed by atoms with E-state index in [0.29, 0.717) is 65.9 Å². The topological polar surface area (TPSA) is 82.6 Å². The number of hydrogen-bond donors (Lipinski definition) is 0. The van der Waals surface area contributed by atoms with E-state index < -0.39 is 11.8 Å². The monoisotopic (exact) mass is 574 g/mol. The van der Waals surface area contributed by atoms with Crippen molar-refractivity contribution in [1.29, 1.82) is 0 Å². The van der Waals surface area contributed by atoms with Gasteiger partial charge in [-0.15, -0.1) is 0 Å². The van der Waals surface area contributed by atoms with Crippen LogP contribution in [0.4, 0.5) is 0 Å². The number of hydrogen-bond acceptors (Lipinski definition) is 6. The predicted molar refractivity (Wildman–Crippen MR) is 147 cm³/mol. The molecule has 1 spiro atoms. The van der Waals surface area contributed by atoms with Crippen LogP contribution in [0.15, 0.2) is 42.5 Å². The minimum absolute atomic E-state index is 0.106. The largest absolute Gasteiger partial charge is 0.497 e. The smallest absolute Gasteiger partial charge is 0.257 e. The second kappa shape index (κ2) is 11.3. The molecule has 0 saturated carbocycles. The summed E-state index contributed by atoms with van der Waals surface area (Å²) in [6.07, 6.45) is 0.755. The summed E-state index contributed by atoms with van der Waals surface area (Å²) in [4.78, 5) is 48.3. The zero-order valence-corrected chi connectivity index (χ0v) is 23.6. The number of methoxy groups -OCH3 is 1. The van der Waals surface area contributed by atoms with Crippen molar-refractivity contribution in [2.45, 2.75) is 24.6 Å². The molecular weight excluding hydrogens is 543 g/mol. The molecule has 0 unspecified atom stereocenters. The molecule has 0 bridgehead atoms. The summed E-state index contributed by atoms with van der Waals surface area (Å²) < 4.78 is 11.7. The lowest BCUT2D eigenvalue weighted by Gasteiger charge is -2.45. The first kappa shape index (κ1) is 27.7. The van der Waals surface area contributed by atoms with Crippen molar-refractivity contribution in [2.75, 3.05) is 60.0 Å². The van der Waals surface area contributed by atoms with Gasteiger partial charge in [0.2, 0.25) is 5.91 Å². The van der Waals surface area contributed by atoms with E-state index in [-0.39, 0.29) is 24.3 Å². The first-order valence-corrected chi connectivity index (χ1v) is 13.8. The van der Waals surface area contributed by atoms with E-state index in [2.05, 4.69) is 4.90 Å². The van der Waals surface area contributed by atoms with Crippen LogP contribution >= 0.6 is 23.2 Å². The second-order valence-corrected chi connectivity index (χ2v) is 11.0. The number of rotatable bonds is 4. The van der Waals surface area contributed by atoms with Crippen LogP contribution in [-0.2, 0) is 9.53 Å². The highest BCUT2D eigenvalue weighted by Gasteiger charge is 2.55. The van der Waals surface area contributed by atoms with Crippen LogP contribution in [0.1, 0.15) is 33.6 Å². The third kappa shape index (κ3) is 5.45. The van der Waals surface area contributed by atoms with Crippen molar-refractivity contribution in [3.05, 3.63) is 63.6 Å². The lowest BCUT2D eigenvalue weighted by atomic mass is 9.96. The van der Waals surface area contributed by atoms with Gasteiger partial charge in [0.05, 0.1) is 23.8 Å². The van der Waals surface area contributed by atoms with Crippen molar-refractivity contribution in [3.63, 3.8) is 0 Å². The Morgan fingerprint density at radius 3 is 2.23 bits per heavy atom. The summed E-state index contributed by atoms with van der Waals surface area (Å²) >= 11 is 12.2. The molecule has 3 fully saturated rings. The van der Waals surface area contributed by atoms with Crippen LogP contribution < -0.4 is 4.74 Å². The zero-order valence-electron chi connectivity index (χ0n) is 22.1. The van der Waals surface area contributed by atoms with Crippen LogP contribution in [0.5, 0.6) is 5.75 Å². The van der Waals surface area contributed by atoms with Crippen molar-refractivity contribution in [2.24, 2.45) is 0 Å². The Morgan fingerprint density at radius 1 is 0.872 bits per heavy atom. The summed E-state index contributed by atoms with van der Waals surface area (Å²) in [5.41, 5.74) is -0.133. The molecule has 11 heteroatoms. The normalized spacial score (nSPS) is 21.3. The van der Waals surface area contributed by atoms with E-state index in [4.69, 9.17) is 32.7 Å². The predicted octanol–water partition coefficient (Wildman–Crippen LogP) is 3.25. The summed E-state index contributed by atoms with van der Waals surface area (Å²) in [6.45, 7) is 3.59. The van der Waals surface area contributed by atoms with Crippen LogP contribution in [0.25, 0.3) is 0 Å². The first-order chi connectivity index (χ1) is 18.7. The van der Waals surface area contributed by atoms with Gasteiger partial charge in [-0.05, 0) is 43.4 Å². The second-order valence-electron chi connectivity index (χ2n) is 10.2. The van der Waals surface area contributed by atoms with Crippen LogP contribution in [0.2, 0.25) is 10.0 Å². The van der Waals surface area contributed by atoms with Gasteiger partial charge in [0, 0.05) is 63.2 Å². The number of likely N-dealkylation sites (N-methyl/N-ethyl adjacent to an activating group) is 1. The third-order valence-electron chi connectivity index (χ3n) is 7.89. The van der Waals surface area contributed by atoms with Crippen molar-refractivity contribution < 1.29 is 23.9 Å². The fourth-order valence-electron chi connectivity index (χ4n) is 5.56. The van der Waals surface area contributed by atoms with Gasteiger partial charge in [-0.1, -0.05) is 29.3 Å². The van der Waals surface area contributed by atoms with Crippen LogP contribution in [0.3, 0.4) is 0 Å². The van der Waals surface area contributed by atoms with Gasteiger partial charge < -0.3 is 24.2 Å². The number of nitrogens with zero attached hydrogens (tertiary/aromatic N) is 4. The number of ether oxygens (including phenoxy) is 2. The molecule has 39 heavy (non-hydrogen) atoms. The van der Waals surface area contributed by atoms with Crippen molar-refractivity contribution in [3.8, 4) is 5.75 Å². The first-order valence-electron chi connectivity index (χ1n) is 13.1. The average Bonchev–Trinajstić information content (AvgIpc) is 3.32. The fourth-order valence-corrected chi connectivity index (χ4v) is 5.86. The molecule has 2 aromatic rings. The highest BCUT2D eigenvalue weighted by atomic mass is 35.5. The Balaban J connectivity index is 1.39. The van der Waals surface area contributed by atoms with Gasteiger partial charge in [0.25, 0.3) is 11.8 Å². The molecule has 3 heterocycles. The minimum atomic E-state index is -0.999. The molecule has 208 valence electrons. The molecule has 3 aliphatic rings. The number of halogens is 2. The Hall–Kier alpha value is -2.85. The molecular formula is C28H32Cl2N4O5. The van der Waals surface area contributed by atoms with E-state index in [1.165, 1.54) is 0 Å². The van der Waals surface area contributed by atoms with Gasteiger partial charge in [-0.3, -0.25) is 19.3 Å². The molecule has 0 radical (unpaired) electrons. The molecule has 0 aliphatic carbocycles. The van der Waals surface area contributed by atoms with Crippen LogP contribution in [-0.4, -0.2) is 109 Å². The Bertz CT molecular complexity index is 1260. The van der Waals surface area contributed by atoms with Crippen molar-refractivity contribution >= 4 is 40.9 Å². The lowest BCUT2D eigenvalue weighted by Crippen LogP contribution is -2.61. The number of carbonyl (C=O) groups is 3. The van der Waals surface area contributed by atoms with Gasteiger partial charge >= 0.3 is 0 Å². The SMILES string of the molecule is COc1cccc(C(=O)N2[C@@H](C(=O)N3CCN(C)CC3)COC23CCN(C(=O)c2ccc(Cl)c(Cl)c2)CC3)c1. The van der Waals surface area contributed by atoms with E-state index >= 15 is 0 Å². The average molecular weight is 575 g/mol. The number of piperazine rings is 1. The molecule has 3 saturated heterocycles. The molecule has 0 aromatic heterocycles. The highest BCUT2D eigenvalue weighted by molar-refractivity contribution is 6.42. The molecule has 3 aliphatic heterocycles. The molecule has 9 nitrogen and oxygen atoms in total. The zero-order chi connectivity index (χ0) is 27.7. The number of likely N-dealkylation sites (tertiary alicyclic amines) is 1. The van der Waals surface area contributed by atoms with Gasteiger partial charge in [0.15, 0.2) is 0 Å². The molecule has 1 atom stereocenters. The summed E-state index contributed by atoms with van der Waals surface area (Å²) in [5.74, 6) is -0.00943. The Labute approximate surface area is 238 Å². The summed E-state index contributed by atoms with van der Waals surface area (Å²) in [5, 5.41) is 0.698. The summed E-state index contributed by atoms with van der Waals surface area (Å²) in [7, 11) is 3.57. The Morgan fingerprint density at radius 2 is 1.56 bits per heavy atom. The maximum atomic E-state index is 14.0. The maximum Gasteiger partial charge on any atom is 0.257 e. The van der Waals surface area contributed by atoms with Crippen molar-refractivity contribution in [1.82, 2.24) is 19.6 Å². The quantitative estimate of drug-likeness (QED) is 0.557. The van der Waals surface area contributed by atoms with E-state index in [1.54, 1.807) is 59.4 Å². The number of piperidine rings is 1. The maximum absolute atomic E-state index is 14.0. The van der Waals surface area contributed by atoms with E-state index in [1.807, 2.05) is 11.9 Å². The van der Waals surface area contributed by atoms with E-state index in [0.717, 1.165) is 13.1 Å². The van der Waals surface area contributed by atoms with Gasteiger partial charge in [-0.2, -0.15) is 0 Å². The molecule has 5 rings (SSSR count). The fraction of sp³-hybridized carbons (Fsp3) is 0.464. The standard InChI is InChI=1S/C28H32Cl2N4O5/c1-31-12-14-33(15-13-31)27(37)24-18-39-28(34(24)26(36)19-4-3-5-21(16-19)38-2)8-10-32(11-9-28)25(35)20-6-7-22(29)23(30)17-20/h3-7,16-17,24H,8-15,18H2,1-2H3/t24-/m1/s1. The van der Waals surface area contributed by atoms with Gasteiger partial charge in [0.1, 0.15) is 17.5 Å². The highest BCUT2D eigenvalue weighted by Crippen LogP contribution is 2.39. The number of amides is 3. The number of carbonyl (C=O) groups excluding carboxylic acids is 3. The van der Waals surface area contributed by atoms with Crippen LogP contribution in [0, 0.1) is 0 Å². The Kier molecular flexibility index (Phi) is 8.05. The molecule has 0 N–H and O–H groups in total.